The third-order valence-electron chi connectivity index (χ3n) is 5.64. The summed E-state index contributed by atoms with van der Waals surface area (Å²) < 4.78 is 48.5. The molecule has 6 nitrogen and oxygen atoms in total. The maximum Gasteiger partial charge on any atom is 0.442 e. The van der Waals surface area contributed by atoms with Crippen LogP contribution < -0.4 is 10.1 Å². The highest BCUT2D eigenvalue weighted by atomic mass is 19.4. The molecule has 1 heterocycles. The molecule has 0 spiro atoms. The van der Waals surface area contributed by atoms with Crippen LogP contribution in [0.5, 0.6) is 5.75 Å². The SMILES string of the molecule is COc1ccc(C(=O)NC2(C(F)(F)F)N=C(c3ccccc3)N(CCc3ccccc3)C2=O)cc1. The molecule has 1 unspecified atom stereocenters. The van der Waals surface area contributed by atoms with E-state index in [1.807, 2.05) is 35.6 Å². The summed E-state index contributed by atoms with van der Waals surface area (Å²) >= 11 is 0. The topological polar surface area (TPSA) is 71.0 Å². The molecule has 0 radical (unpaired) electrons. The summed E-state index contributed by atoms with van der Waals surface area (Å²) in [5, 5.41) is 1.88. The lowest BCUT2D eigenvalue weighted by atomic mass is 10.1. The molecule has 1 N–H and O–H groups in total. The van der Waals surface area contributed by atoms with Gasteiger partial charge in [0.15, 0.2) is 0 Å². The second-order valence-corrected chi connectivity index (χ2v) is 7.88. The molecule has 3 aromatic rings. The number of hydrogen-bond donors (Lipinski definition) is 1. The van der Waals surface area contributed by atoms with Gasteiger partial charge in [0.2, 0.25) is 0 Å². The van der Waals surface area contributed by atoms with E-state index < -0.39 is 23.7 Å². The van der Waals surface area contributed by atoms with Crippen molar-refractivity contribution in [2.45, 2.75) is 18.3 Å². The van der Waals surface area contributed by atoms with Crippen LogP contribution in [0.25, 0.3) is 0 Å². The van der Waals surface area contributed by atoms with Crippen molar-refractivity contribution in [2.75, 3.05) is 13.7 Å². The van der Waals surface area contributed by atoms with Gasteiger partial charge < -0.3 is 10.1 Å². The second kappa shape index (κ2) is 9.61. The Hall–Kier alpha value is -4.14. The van der Waals surface area contributed by atoms with Crippen LogP contribution in [0, 0.1) is 0 Å². The number of alkyl halides is 3. The normalized spacial score (nSPS) is 17.8. The predicted octanol–water partition coefficient (Wildman–Crippen LogP) is 4.22. The lowest BCUT2D eigenvalue weighted by molar-refractivity contribution is -0.196. The Bertz CT molecular complexity index is 1230. The zero-order chi connectivity index (χ0) is 25.1. The molecule has 9 heteroatoms. The number of rotatable bonds is 7. The number of carbonyl (C=O) groups is 2. The first-order chi connectivity index (χ1) is 16.7. The van der Waals surface area contributed by atoms with Gasteiger partial charge in [-0.25, -0.2) is 4.99 Å². The van der Waals surface area contributed by atoms with E-state index in [-0.39, 0.29) is 17.9 Å². The minimum absolute atomic E-state index is 0.0488. The minimum atomic E-state index is -5.19. The number of ether oxygens (including phenoxy) is 1. The van der Waals surface area contributed by atoms with E-state index in [0.29, 0.717) is 17.7 Å². The number of carbonyl (C=O) groups excluding carboxylic acids is 2. The van der Waals surface area contributed by atoms with Crippen molar-refractivity contribution in [3.8, 4) is 5.75 Å². The van der Waals surface area contributed by atoms with Gasteiger partial charge in [-0.3, -0.25) is 14.5 Å². The van der Waals surface area contributed by atoms with E-state index in [9.17, 15) is 22.8 Å². The molecule has 4 rings (SSSR count). The summed E-state index contributed by atoms with van der Waals surface area (Å²) in [6, 6.07) is 22.7. The van der Waals surface area contributed by atoms with Crippen LogP contribution in [-0.2, 0) is 11.2 Å². The first-order valence-electron chi connectivity index (χ1n) is 10.8. The summed E-state index contributed by atoms with van der Waals surface area (Å²) in [5.74, 6) is -2.17. The lowest BCUT2D eigenvalue weighted by Crippen LogP contribution is -2.63. The van der Waals surface area contributed by atoms with Gasteiger partial charge in [-0.05, 0) is 36.2 Å². The average molecular weight is 481 g/mol. The van der Waals surface area contributed by atoms with Gasteiger partial charge in [-0.2, -0.15) is 13.2 Å². The van der Waals surface area contributed by atoms with Gasteiger partial charge in [0.05, 0.1) is 7.11 Å². The number of methoxy groups -OCH3 is 1. The largest absolute Gasteiger partial charge is 0.497 e. The van der Waals surface area contributed by atoms with Crippen molar-refractivity contribution in [2.24, 2.45) is 4.99 Å². The molecule has 180 valence electrons. The maximum atomic E-state index is 14.5. The molecular formula is C26H22F3N3O3. The summed E-state index contributed by atoms with van der Waals surface area (Å²) in [4.78, 5) is 31.1. The number of benzene rings is 3. The Balaban J connectivity index is 1.72. The number of halogens is 3. The van der Waals surface area contributed by atoms with Gasteiger partial charge in [-0.15, -0.1) is 0 Å². The highest BCUT2D eigenvalue weighted by Gasteiger charge is 2.67. The van der Waals surface area contributed by atoms with Crippen molar-refractivity contribution >= 4 is 17.6 Å². The Kier molecular flexibility index (Phi) is 6.59. The molecule has 1 aliphatic rings. The van der Waals surface area contributed by atoms with Gasteiger partial charge in [0.1, 0.15) is 11.6 Å². The van der Waals surface area contributed by atoms with E-state index in [2.05, 4.69) is 4.99 Å². The second-order valence-electron chi connectivity index (χ2n) is 7.88. The lowest BCUT2D eigenvalue weighted by Gasteiger charge is -2.29. The fraction of sp³-hybridized carbons (Fsp3) is 0.192. The zero-order valence-corrected chi connectivity index (χ0v) is 18.8. The number of aliphatic imine (C=N–C) groups is 1. The molecule has 2 amide bonds. The zero-order valence-electron chi connectivity index (χ0n) is 18.8. The first-order valence-corrected chi connectivity index (χ1v) is 10.8. The Morgan fingerprint density at radius 3 is 2.14 bits per heavy atom. The first kappa shape index (κ1) is 24.0. The Morgan fingerprint density at radius 1 is 0.971 bits per heavy atom. The minimum Gasteiger partial charge on any atom is -0.497 e. The quantitative estimate of drug-likeness (QED) is 0.550. The van der Waals surface area contributed by atoms with Crippen LogP contribution >= 0.6 is 0 Å². The third kappa shape index (κ3) is 4.75. The van der Waals surface area contributed by atoms with E-state index in [4.69, 9.17) is 4.74 Å². The fourth-order valence-electron chi connectivity index (χ4n) is 3.77. The highest BCUT2D eigenvalue weighted by molar-refractivity contribution is 6.16. The van der Waals surface area contributed by atoms with Crippen LogP contribution in [0.4, 0.5) is 13.2 Å². The van der Waals surface area contributed by atoms with Crippen LogP contribution in [0.2, 0.25) is 0 Å². The molecule has 3 aromatic carbocycles. The summed E-state index contributed by atoms with van der Waals surface area (Å²) in [6.45, 7) is -0.0488. The molecule has 1 atom stereocenters. The molecule has 0 aliphatic carbocycles. The predicted molar refractivity (Wildman–Crippen MR) is 124 cm³/mol. The van der Waals surface area contributed by atoms with Gasteiger partial charge in [0, 0.05) is 17.7 Å². The number of amides is 2. The monoisotopic (exact) mass is 481 g/mol. The summed E-state index contributed by atoms with van der Waals surface area (Å²) in [6.07, 6.45) is -4.88. The van der Waals surface area contributed by atoms with Crippen LogP contribution in [0.1, 0.15) is 21.5 Å². The van der Waals surface area contributed by atoms with Gasteiger partial charge in [0.25, 0.3) is 11.8 Å². The molecular weight excluding hydrogens is 459 g/mol. The summed E-state index contributed by atoms with van der Waals surface area (Å²) in [7, 11) is 1.43. The number of nitrogens with zero attached hydrogens (tertiary/aromatic N) is 2. The fourth-order valence-corrected chi connectivity index (χ4v) is 3.77. The van der Waals surface area contributed by atoms with E-state index in [1.165, 1.54) is 31.4 Å². The molecule has 0 aromatic heterocycles. The van der Waals surface area contributed by atoms with Crippen molar-refractivity contribution in [1.82, 2.24) is 10.2 Å². The average Bonchev–Trinajstić information content (AvgIpc) is 3.16. The number of nitrogens with one attached hydrogen (secondary N) is 1. The van der Waals surface area contributed by atoms with E-state index >= 15 is 0 Å². The van der Waals surface area contributed by atoms with Crippen molar-refractivity contribution in [3.63, 3.8) is 0 Å². The molecule has 0 saturated heterocycles. The Morgan fingerprint density at radius 2 is 1.57 bits per heavy atom. The molecule has 1 aliphatic heterocycles. The van der Waals surface area contributed by atoms with Crippen molar-refractivity contribution < 1.29 is 27.5 Å². The number of amidine groups is 1. The standard InChI is InChI=1S/C26H22F3N3O3/c1-35-21-14-12-20(13-15-21)23(33)31-25(26(27,28)29)24(34)32(17-16-18-8-4-2-5-9-18)22(30-25)19-10-6-3-7-11-19/h2-15H,16-17H2,1H3,(H,31,33). The van der Waals surface area contributed by atoms with E-state index in [0.717, 1.165) is 10.5 Å². The summed E-state index contributed by atoms with van der Waals surface area (Å²) in [5.41, 5.74) is -2.34. The number of hydrogen-bond acceptors (Lipinski definition) is 4. The van der Waals surface area contributed by atoms with Crippen LogP contribution in [-0.4, -0.2) is 48.0 Å². The van der Waals surface area contributed by atoms with Gasteiger partial charge >= 0.3 is 11.8 Å². The molecule has 0 fully saturated rings. The van der Waals surface area contributed by atoms with Crippen molar-refractivity contribution in [1.29, 1.82) is 0 Å². The third-order valence-corrected chi connectivity index (χ3v) is 5.64. The van der Waals surface area contributed by atoms with Crippen LogP contribution in [0.3, 0.4) is 0 Å². The smallest absolute Gasteiger partial charge is 0.442 e. The molecule has 0 saturated carbocycles. The van der Waals surface area contributed by atoms with Gasteiger partial charge in [-0.1, -0.05) is 60.7 Å². The molecule has 35 heavy (non-hydrogen) atoms. The molecule has 0 bridgehead atoms. The maximum absolute atomic E-state index is 14.5. The highest BCUT2D eigenvalue weighted by Crippen LogP contribution is 2.38. The van der Waals surface area contributed by atoms with Crippen LogP contribution in [0.15, 0.2) is 89.9 Å². The Labute approximate surface area is 200 Å². The van der Waals surface area contributed by atoms with E-state index in [1.54, 1.807) is 30.3 Å². The van der Waals surface area contributed by atoms with Crippen molar-refractivity contribution in [3.05, 3.63) is 102 Å².